The molecule has 280 valence electrons. The van der Waals surface area contributed by atoms with Gasteiger partial charge in [0.1, 0.15) is 23.9 Å². The first-order chi connectivity index (χ1) is 25.7. The van der Waals surface area contributed by atoms with E-state index in [-0.39, 0.29) is 12.8 Å². The van der Waals surface area contributed by atoms with Gasteiger partial charge in [0.05, 0.1) is 70.3 Å². The van der Waals surface area contributed by atoms with Crippen molar-refractivity contribution >= 4 is 42.1 Å². The van der Waals surface area contributed by atoms with Crippen LogP contribution < -0.4 is 0 Å². The first-order valence-electron chi connectivity index (χ1n) is 17.0. The summed E-state index contributed by atoms with van der Waals surface area (Å²) in [4.78, 5) is 23.2. The largest absolute Gasteiger partial charge is 0.346 e. The highest BCUT2D eigenvalue weighted by Gasteiger charge is 2.53. The molecule has 0 unspecified atom stereocenters. The van der Waals surface area contributed by atoms with Gasteiger partial charge in [-0.05, 0) is 37.8 Å². The number of fused-ring (bicyclic) bond motifs is 2. The molecule has 18 nitrogen and oxygen atoms in total. The standard InChI is InChI=1S/2C17H19N7O2S/c2*1-23(2)27(25,26)13-7-17(8-13,4-5-18)24-10-12(9-22-24)15-14-3-6-19-16(14)21-11-20-15/h2*3,6,9-11,13H,4,7-8H2,1-2H3,(H,19,20,21). The number of aromatic amines is 2. The van der Waals surface area contributed by atoms with E-state index >= 15 is 0 Å². The van der Waals surface area contributed by atoms with E-state index in [9.17, 15) is 27.4 Å². The molecule has 6 aromatic heterocycles. The lowest BCUT2D eigenvalue weighted by Crippen LogP contribution is -2.54. The van der Waals surface area contributed by atoms with Gasteiger partial charge in [-0.3, -0.25) is 9.36 Å². The lowest BCUT2D eigenvalue weighted by molar-refractivity contribution is 0.131. The van der Waals surface area contributed by atoms with Crippen LogP contribution in [-0.2, 0) is 31.1 Å². The highest BCUT2D eigenvalue weighted by atomic mass is 32.2. The maximum Gasteiger partial charge on any atom is 0.216 e. The summed E-state index contributed by atoms with van der Waals surface area (Å²) < 4.78 is 55.4. The predicted molar refractivity (Wildman–Crippen MR) is 198 cm³/mol. The van der Waals surface area contributed by atoms with Crippen molar-refractivity contribution in [2.24, 2.45) is 0 Å². The lowest BCUT2D eigenvalue weighted by Gasteiger charge is -2.46. The summed E-state index contributed by atoms with van der Waals surface area (Å²) in [7, 11) is -0.570. The minimum atomic E-state index is -3.35. The minimum Gasteiger partial charge on any atom is -0.346 e. The molecule has 6 heterocycles. The molecule has 2 saturated carbocycles. The Morgan fingerprint density at radius 2 is 1.09 bits per heavy atom. The van der Waals surface area contributed by atoms with Crippen molar-refractivity contribution in [2.45, 2.75) is 60.1 Å². The molecule has 20 heteroatoms. The molecule has 2 fully saturated rings. The SMILES string of the molecule is CN(C)S(=O)(=O)C1CC(CC#N)(n2cc(-c3ncnc4[nH]ccc34)cn2)C1.CN(C)S(=O)(=O)C1CC(CC#N)(n2cc(-c3ncnc4[nH]ccc34)cn2)C1. The van der Waals surface area contributed by atoms with Gasteiger partial charge in [0.2, 0.25) is 20.0 Å². The maximum atomic E-state index is 12.4. The van der Waals surface area contributed by atoms with Gasteiger partial charge < -0.3 is 9.97 Å². The number of hydrogen-bond donors (Lipinski definition) is 2. The summed E-state index contributed by atoms with van der Waals surface area (Å²) in [5, 5.41) is 28.2. The number of sulfonamides is 2. The minimum absolute atomic E-state index is 0.205. The van der Waals surface area contributed by atoms with Crippen molar-refractivity contribution < 1.29 is 16.8 Å². The fraction of sp³-hybridized carbons (Fsp3) is 0.412. The molecule has 54 heavy (non-hydrogen) atoms. The zero-order chi connectivity index (χ0) is 38.5. The molecule has 2 N–H and O–H groups in total. The summed E-state index contributed by atoms with van der Waals surface area (Å²) in [5.41, 5.74) is 3.36. The Balaban J connectivity index is 0.000000167. The Labute approximate surface area is 311 Å². The van der Waals surface area contributed by atoms with Gasteiger partial charge in [-0.15, -0.1) is 0 Å². The van der Waals surface area contributed by atoms with E-state index in [1.54, 1.807) is 34.2 Å². The van der Waals surface area contributed by atoms with Crippen LogP contribution in [0.1, 0.15) is 38.5 Å². The number of aromatic nitrogens is 10. The van der Waals surface area contributed by atoms with Gasteiger partial charge in [-0.1, -0.05) is 0 Å². The predicted octanol–water partition coefficient (Wildman–Crippen LogP) is 2.97. The van der Waals surface area contributed by atoms with E-state index in [2.05, 4.69) is 52.2 Å². The van der Waals surface area contributed by atoms with Crippen molar-refractivity contribution in [3.63, 3.8) is 0 Å². The van der Waals surface area contributed by atoms with Gasteiger partial charge in [-0.25, -0.2) is 45.4 Å². The Morgan fingerprint density at radius 3 is 1.44 bits per heavy atom. The molecular weight excluding hydrogens is 733 g/mol. The van der Waals surface area contributed by atoms with Crippen LogP contribution in [-0.4, -0.2) is 114 Å². The molecule has 2 aliphatic carbocycles. The van der Waals surface area contributed by atoms with Crippen molar-refractivity contribution in [1.82, 2.24) is 58.1 Å². The third-order valence-corrected chi connectivity index (χ3v) is 14.9. The van der Waals surface area contributed by atoms with Crippen molar-refractivity contribution in [1.29, 1.82) is 10.5 Å². The Bertz CT molecular complexity index is 2450. The quantitative estimate of drug-likeness (QED) is 0.204. The third-order valence-electron chi connectivity index (χ3n) is 10.5. The fourth-order valence-electron chi connectivity index (χ4n) is 7.33. The molecule has 2 aliphatic rings. The van der Waals surface area contributed by atoms with E-state index in [1.165, 1.54) is 49.5 Å². The second-order valence-corrected chi connectivity index (χ2v) is 19.0. The number of nitrogens with one attached hydrogen (secondary N) is 2. The third kappa shape index (κ3) is 6.20. The van der Waals surface area contributed by atoms with Crippen LogP contribution in [0.15, 0.2) is 62.0 Å². The Morgan fingerprint density at radius 1 is 0.704 bits per heavy atom. The first kappa shape index (κ1) is 36.8. The highest BCUT2D eigenvalue weighted by molar-refractivity contribution is 7.90. The second-order valence-electron chi connectivity index (χ2n) is 14.1. The van der Waals surface area contributed by atoms with Crippen molar-refractivity contribution in [3.8, 4) is 34.7 Å². The van der Waals surface area contributed by atoms with Gasteiger partial charge in [0, 0.05) is 74.9 Å². The number of rotatable bonds is 10. The zero-order valence-corrected chi connectivity index (χ0v) is 31.6. The lowest BCUT2D eigenvalue weighted by atomic mass is 9.74. The summed E-state index contributed by atoms with van der Waals surface area (Å²) in [6.45, 7) is 0. The van der Waals surface area contributed by atoms with Crippen LogP contribution in [0.5, 0.6) is 0 Å². The first-order valence-corrected chi connectivity index (χ1v) is 20.0. The maximum absolute atomic E-state index is 12.4. The van der Waals surface area contributed by atoms with Gasteiger partial charge in [0.25, 0.3) is 0 Å². The second kappa shape index (κ2) is 13.7. The number of hydrogen-bond acceptors (Lipinski definition) is 12. The number of H-pyrrole nitrogens is 2. The van der Waals surface area contributed by atoms with Gasteiger partial charge in [-0.2, -0.15) is 20.7 Å². The van der Waals surface area contributed by atoms with E-state index in [0.29, 0.717) is 25.7 Å². The molecule has 8 rings (SSSR count). The fourth-order valence-corrected chi connectivity index (χ4v) is 10.6. The molecule has 6 aromatic rings. The van der Waals surface area contributed by atoms with Crippen molar-refractivity contribution in [3.05, 3.63) is 62.0 Å². The monoisotopic (exact) mass is 770 g/mol. The zero-order valence-electron chi connectivity index (χ0n) is 30.0. The summed E-state index contributed by atoms with van der Waals surface area (Å²) in [5.74, 6) is 0. The van der Waals surface area contributed by atoms with E-state index in [4.69, 9.17) is 0 Å². The molecular formula is C34H38N14O4S2. The number of nitrogens with zero attached hydrogens (tertiary/aromatic N) is 12. The topological polar surface area (TPSA) is 241 Å². The van der Waals surface area contributed by atoms with E-state index in [0.717, 1.165) is 44.6 Å². The average Bonchev–Trinajstić information content (AvgIpc) is 3.94. The Hall–Kier alpha value is -5.54. The summed E-state index contributed by atoms with van der Waals surface area (Å²) in [6, 6.07) is 8.17. The molecule has 0 saturated heterocycles. The molecule has 0 bridgehead atoms. The van der Waals surface area contributed by atoms with E-state index < -0.39 is 41.6 Å². The molecule has 0 aromatic carbocycles. The smallest absolute Gasteiger partial charge is 0.216 e. The van der Waals surface area contributed by atoms with E-state index in [1.807, 2.05) is 24.5 Å². The molecule has 0 aliphatic heterocycles. The molecule has 0 atom stereocenters. The summed E-state index contributed by atoms with van der Waals surface area (Å²) >= 11 is 0. The molecule has 0 amide bonds. The van der Waals surface area contributed by atoms with Crippen LogP contribution in [0.2, 0.25) is 0 Å². The van der Waals surface area contributed by atoms with Gasteiger partial charge >= 0.3 is 0 Å². The van der Waals surface area contributed by atoms with Crippen LogP contribution in [0.3, 0.4) is 0 Å². The number of nitriles is 2. The van der Waals surface area contributed by atoms with Crippen LogP contribution in [0.4, 0.5) is 0 Å². The Kier molecular flexibility index (Phi) is 9.34. The van der Waals surface area contributed by atoms with Crippen LogP contribution >= 0.6 is 0 Å². The average molecular weight is 771 g/mol. The van der Waals surface area contributed by atoms with Gasteiger partial charge in [0.15, 0.2) is 0 Å². The van der Waals surface area contributed by atoms with Crippen molar-refractivity contribution in [2.75, 3.05) is 28.2 Å². The molecule has 0 radical (unpaired) electrons. The van der Waals surface area contributed by atoms with Crippen LogP contribution in [0.25, 0.3) is 44.6 Å². The highest BCUT2D eigenvalue weighted by Crippen LogP contribution is 2.47. The van der Waals surface area contributed by atoms with Crippen LogP contribution in [0, 0.1) is 22.7 Å². The summed E-state index contributed by atoms with van der Waals surface area (Å²) in [6.07, 6.45) is 15.5. The normalized spacial score (nSPS) is 22.7. The molecule has 0 spiro atoms.